The summed E-state index contributed by atoms with van der Waals surface area (Å²) in [5.74, 6) is -0.113. The fraction of sp³-hybridized carbons (Fsp3) is 0.562. The highest BCUT2D eigenvalue weighted by molar-refractivity contribution is 5.88. The maximum Gasteiger partial charge on any atom is 0.237 e. The third kappa shape index (κ3) is 4.80. The molecular formula is C16H24N4O2. The van der Waals surface area contributed by atoms with Crippen LogP contribution in [0.4, 0.5) is 0 Å². The number of nitrogens with one attached hydrogen (secondary N) is 2. The lowest BCUT2D eigenvalue weighted by Crippen LogP contribution is -2.56. The predicted molar refractivity (Wildman–Crippen MR) is 84.2 cm³/mol. The molecule has 1 atom stereocenters. The van der Waals surface area contributed by atoms with Crippen molar-refractivity contribution in [3.05, 3.63) is 30.1 Å². The first-order valence-electron chi connectivity index (χ1n) is 7.89. The van der Waals surface area contributed by atoms with Crippen molar-refractivity contribution in [1.82, 2.24) is 20.5 Å². The zero-order valence-corrected chi connectivity index (χ0v) is 13.0. The number of piperazine rings is 1. The highest BCUT2D eigenvalue weighted by atomic mass is 16.2. The molecule has 0 spiro atoms. The second kappa shape index (κ2) is 8.48. The van der Waals surface area contributed by atoms with Crippen LogP contribution < -0.4 is 10.6 Å². The number of pyridine rings is 1. The molecule has 6 nitrogen and oxygen atoms in total. The lowest BCUT2D eigenvalue weighted by atomic mass is 10.1. The van der Waals surface area contributed by atoms with Crippen LogP contribution in [0.1, 0.15) is 25.5 Å². The predicted octanol–water partition coefficient (Wildman–Crippen LogP) is 0.341. The largest absolute Gasteiger partial charge is 0.356 e. The van der Waals surface area contributed by atoms with E-state index in [9.17, 15) is 9.59 Å². The molecule has 2 amide bonds. The summed E-state index contributed by atoms with van der Waals surface area (Å²) in [6.45, 7) is 4.87. The topological polar surface area (TPSA) is 74.3 Å². The molecule has 0 aromatic carbocycles. The van der Waals surface area contributed by atoms with Crippen LogP contribution in [-0.2, 0) is 16.0 Å². The highest BCUT2D eigenvalue weighted by Gasteiger charge is 2.30. The smallest absolute Gasteiger partial charge is 0.237 e. The number of amides is 2. The summed E-state index contributed by atoms with van der Waals surface area (Å²) in [5.41, 5.74) is 1.03. The number of hydrogen-bond donors (Lipinski definition) is 2. The second-order valence-electron chi connectivity index (χ2n) is 5.41. The molecule has 0 bridgehead atoms. The van der Waals surface area contributed by atoms with E-state index in [1.165, 1.54) is 0 Å². The van der Waals surface area contributed by atoms with Gasteiger partial charge < -0.3 is 10.6 Å². The third-order valence-electron chi connectivity index (χ3n) is 3.88. The first kappa shape index (κ1) is 16.4. The number of likely N-dealkylation sites (N-methyl/N-ethyl adjacent to an activating group) is 1. The molecule has 1 aliphatic rings. The SMILES string of the molecule is CCN1CCNC(=O)[C@H]1CC(=O)NCCCc1ccccn1. The van der Waals surface area contributed by atoms with Crippen LogP contribution in [0, 0.1) is 0 Å². The first-order chi connectivity index (χ1) is 10.7. The highest BCUT2D eigenvalue weighted by Crippen LogP contribution is 2.08. The number of carbonyl (C=O) groups is 2. The molecule has 1 aromatic heterocycles. The molecule has 2 N–H and O–H groups in total. The minimum Gasteiger partial charge on any atom is -0.356 e. The Morgan fingerprint density at radius 2 is 2.36 bits per heavy atom. The lowest BCUT2D eigenvalue weighted by molar-refractivity contribution is -0.133. The summed E-state index contributed by atoms with van der Waals surface area (Å²) in [6.07, 6.45) is 3.68. The number of aromatic nitrogens is 1. The molecule has 0 saturated carbocycles. The van der Waals surface area contributed by atoms with E-state index in [1.54, 1.807) is 6.20 Å². The van der Waals surface area contributed by atoms with Gasteiger partial charge in [-0.15, -0.1) is 0 Å². The van der Waals surface area contributed by atoms with Gasteiger partial charge in [-0.1, -0.05) is 13.0 Å². The Morgan fingerprint density at radius 1 is 1.50 bits per heavy atom. The third-order valence-corrected chi connectivity index (χ3v) is 3.88. The zero-order valence-electron chi connectivity index (χ0n) is 13.0. The Bertz CT molecular complexity index is 492. The van der Waals surface area contributed by atoms with Crippen molar-refractivity contribution < 1.29 is 9.59 Å². The standard InChI is InChI=1S/C16H24N4O2/c1-2-20-11-10-19-16(22)14(20)12-15(21)18-9-5-7-13-6-3-4-8-17-13/h3-4,6,8,14H,2,5,7,9-12H2,1H3,(H,18,21)(H,19,22)/t14-/m1/s1. The quantitative estimate of drug-likeness (QED) is 0.713. The van der Waals surface area contributed by atoms with Crippen LogP contribution in [0.25, 0.3) is 0 Å². The van der Waals surface area contributed by atoms with Gasteiger partial charge in [-0.2, -0.15) is 0 Å². The summed E-state index contributed by atoms with van der Waals surface area (Å²) >= 11 is 0. The summed E-state index contributed by atoms with van der Waals surface area (Å²) in [4.78, 5) is 30.2. The Kier molecular flexibility index (Phi) is 6.33. The molecule has 22 heavy (non-hydrogen) atoms. The van der Waals surface area contributed by atoms with E-state index in [-0.39, 0.29) is 24.3 Å². The van der Waals surface area contributed by atoms with E-state index in [0.717, 1.165) is 31.6 Å². The maximum absolute atomic E-state index is 12.0. The van der Waals surface area contributed by atoms with Crippen molar-refractivity contribution in [3.63, 3.8) is 0 Å². The minimum absolute atomic E-state index is 0.0447. The summed E-state index contributed by atoms with van der Waals surface area (Å²) in [6, 6.07) is 5.49. The van der Waals surface area contributed by atoms with Gasteiger partial charge in [0.15, 0.2) is 0 Å². The van der Waals surface area contributed by atoms with Crippen LogP contribution in [0.5, 0.6) is 0 Å². The van der Waals surface area contributed by atoms with Crippen molar-refractivity contribution in [1.29, 1.82) is 0 Å². The number of nitrogens with zero attached hydrogens (tertiary/aromatic N) is 2. The second-order valence-corrected chi connectivity index (χ2v) is 5.41. The average Bonchev–Trinajstić information content (AvgIpc) is 2.54. The Hall–Kier alpha value is -1.95. The van der Waals surface area contributed by atoms with Crippen LogP contribution in [-0.4, -0.2) is 53.9 Å². The molecule has 6 heteroatoms. The number of rotatable bonds is 7. The van der Waals surface area contributed by atoms with Crippen molar-refractivity contribution in [2.24, 2.45) is 0 Å². The molecule has 120 valence electrons. The van der Waals surface area contributed by atoms with Crippen molar-refractivity contribution in [2.45, 2.75) is 32.2 Å². The van der Waals surface area contributed by atoms with Gasteiger partial charge in [-0.3, -0.25) is 19.5 Å². The number of aryl methyl sites for hydroxylation is 1. The summed E-state index contributed by atoms with van der Waals surface area (Å²) < 4.78 is 0. The van der Waals surface area contributed by atoms with Gasteiger partial charge in [0.25, 0.3) is 0 Å². The molecule has 2 rings (SSSR count). The van der Waals surface area contributed by atoms with Gasteiger partial charge in [0.2, 0.25) is 11.8 Å². The maximum atomic E-state index is 12.0. The molecule has 1 fully saturated rings. The van der Waals surface area contributed by atoms with Crippen LogP contribution >= 0.6 is 0 Å². The van der Waals surface area contributed by atoms with E-state index in [2.05, 4.69) is 15.6 Å². The van der Waals surface area contributed by atoms with Gasteiger partial charge in [-0.05, 0) is 31.5 Å². The molecule has 1 saturated heterocycles. The molecule has 0 radical (unpaired) electrons. The van der Waals surface area contributed by atoms with Crippen LogP contribution in [0.2, 0.25) is 0 Å². The number of hydrogen-bond acceptors (Lipinski definition) is 4. The van der Waals surface area contributed by atoms with E-state index in [4.69, 9.17) is 0 Å². The Morgan fingerprint density at radius 3 is 3.09 bits per heavy atom. The average molecular weight is 304 g/mol. The molecule has 1 aliphatic heterocycles. The van der Waals surface area contributed by atoms with E-state index >= 15 is 0 Å². The van der Waals surface area contributed by atoms with Crippen molar-refractivity contribution in [3.8, 4) is 0 Å². The first-order valence-corrected chi connectivity index (χ1v) is 7.89. The molecule has 1 aromatic rings. The minimum atomic E-state index is -0.338. The Labute approximate surface area is 131 Å². The Balaban J connectivity index is 1.69. The van der Waals surface area contributed by atoms with E-state index < -0.39 is 0 Å². The fourth-order valence-electron chi connectivity index (χ4n) is 2.65. The van der Waals surface area contributed by atoms with E-state index in [1.807, 2.05) is 30.0 Å². The monoisotopic (exact) mass is 304 g/mol. The van der Waals surface area contributed by atoms with Crippen molar-refractivity contribution in [2.75, 3.05) is 26.2 Å². The van der Waals surface area contributed by atoms with Gasteiger partial charge in [-0.25, -0.2) is 0 Å². The van der Waals surface area contributed by atoms with Gasteiger partial charge in [0.1, 0.15) is 0 Å². The normalized spacial score (nSPS) is 18.8. The van der Waals surface area contributed by atoms with E-state index in [0.29, 0.717) is 13.1 Å². The molecule has 2 heterocycles. The molecule has 0 unspecified atom stereocenters. The molecule has 0 aliphatic carbocycles. The summed E-state index contributed by atoms with van der Waals surface area (Å²) in [5, 5.41) is 5.71. The lowest BCUT2D eigenvalue weighted by Gasteiger charge is -2.33. The van der Waals surface area contributed by atoms with Gasteiger partial charge >= 0.3 is 0 Å². The van der Waals surface area contributed by atoms with Crippen LogP contribution in [0.15, 0.2) is 24.4 Å². The summed E-state index contributed by atoms with van der Waals surface area (Å²) in [7, 11) is 0. The van der Waals surface area contributed by atoms with Crippen molar-refractivity contribution >= 4 is 11.8 Å². The zero-order chi connectivity index (χ0) is 15.8. The van der Waals surface area contributed by atoms with Crippen LogP contribution in [0.3, 0.4) is 0 Å². The fourth-order valence-corrected chi connectivity index (χ4v) is 2.65. The number of carbonyl (C=O) groups excluding carboxylic acids is 2. The van der Waals surface area contributed by atoms with Gasteiger partial charge in [0, 0.05) is 31.5 Å². The van der Waals surface area contributed by atoms with Gasteiger partial charge in [0.05, 0.1) is 12.5 Å². The molecular weight excluding hydrogens is 280 g/mol.